The summed E-state index contributed by atoms with van der Waals surface area (Å²) in [4.78, 5) is 3.36. The number of hydrogen-bond donors (Lipinski definition) is 0. The molecule has 0 aliphatic heterocycles. The molecule has 2 nitrogen and oxygen atoms in total. The number of halogens is 3. The van der Waals surface area contributed by atoms with E-state index in [0.29, 0.717) is 11.8 Å². The highest BCUT2D eigenvalue weighted by Gasteiger charge is 2.34. The van der Waals surface area contributed by atoms with Gasteiger partial charge in [-0.05, 0) is 12.1 Å². The van der Waals surface area contributed by atoms with Gasteiger partial charge in [0.1, 0.15) is 6.26 Å². The van der Waals surface area contributed by atoms with Gasteiger partial charge in [0.15, 0.2) is 5.69 Å². The van der Waals surface area contributed by atoms with Crippen molar-refractivity contribution in [3.63, 3.8) is 0 Å². The Balaban J connectivity index is 2.37. The van der Waals surface area contributed by atoms with Gasteiger partial charge in [-0.2, -0.15) is 13.2 Å². The van der Waals surface area contributed by atoms with Crippen LogP contribution in [0.15, 0.2) is 41.0 Å². The van der Waals surface area contributed by atoms with Crippen molar-refractivity contribution < 1.29 is 17.6 Å². The summed E-state index contributed by atoms with van der Waals surface area (Å²) in [5.41, 5.74) is -0.491. The van der Waals surface area contributed by atoms with Crippen LogP contribution >= 0.6 is 0 Å². The molecule has 0 saturated heterocycles. The van der Waals surface area contributed by atoms with Crippen LogP contribution in [0.2, 0.25) is 0 Å². The number of rotatable bonds is 1. The van der Waals surface area contributed by atoms with E-state index in [2.05, 4.69) is 4.98 Å². The lowest BCUT2D eigenvalue weighted by molar-refractivity contribution is -0.141. The van der Waals surface area contributed by atoms with E-state index in [4.69, 9.17) is 4.42 Å². The van der Waals surface area contributed by atoms with Crippen molar-refractivity contribution in [1.82, 2.24) is 4.98 Å². The van der Waals surface area contributed by atoms with E-state index in [0.717, 1.165) is 0 Å². The quantitative estimate of drug-likeness (QED) is 0.725. The summed E-state index contributed by atoms with van der Waals surface area (Å²) < 4.78 is 41.3. The first-order valence-electron chi connectivity index (χ1n) is 4.15. The molecular formula is C10H6F3NO. The molecule has 1 aromatic carbocycles. The number of oxazole rings is 1. The maximum atomic E-state index is 12.2. The summed E-state index contributed by atoms with van der Waals surface area (Å²) in [6.07, 6.45) is -3.85. The first-order valence-corrected chi connectivity index (χ1v) is 4.15. The second-order valence-corrected chi connectivity index (χ2v) is 2.90. The van der Waals surface area contributed by atoms with Gasteiger partial charge in [-0.15, -0.1) is 0 Å². The highest BCUT2D eigenvalue weighted by molar-refractivity contribution is 5.52. The fourth-order valence-electron chi connectivity index (χ4n) is 1.12. The first kappa shape index (κ1) is 9.76. The monoisotopic (exact) mass is 213 g/mol. The van der Waals surface area contributed by atoms with Crippen LogP contribution in [-0.2, 0) is 6.18 Å². The minimum absolute atomic E-state index is 0.0251. The van der Waals surface area contributed by atoms with Crippen molar-refractivity contribution in [2.45, 2.75) is 6.18 Å². The van der Waals surface area contributed by atoms with Crippen LogP contribution in [0, 0.1) is 0 Å². The number of aromatic nitrogens is 1. The molecular weight excluding hydrogens is 207 g/mol. The second kappa shape index (κ2) is 3.42. The predicted octanol–water partition coefficient (Wildman–Crippen LogP) is 3.36. The Kier molecular flexibility index (Phi) is 2.22. The molecule has 0 unspecified atom stereocenters. The molecule has 0 spiro atoms. The maximum absolute atomic E-state index is 12.2. The van der Waals surface area contributed by atoms with Crippen molar-refractivity contribution in [2.24, 2.45) is 0 Å². The Bertz CT molecular complexity index is 447. The molecule has 0 bridgehead atoms. The van der Waals surface area contributed by atoms with Crippen LogP contribution in [0.4, 0.5) is 13.2 Å². The largest absolute Gasteiger partial charge is 0.444 e. The molecule has 0 fully saturated rings. The molecule has 2 rings (SSSR count). The maximum Gasteiger partial charge on any atom is 0.436 e. The fraction of sp³-hybridized carbons (Fsp3) is 0.100. The number of hydrogen-bond acceptors (Lipinski definition) is 2. The van der Waals surface area contributed by atoms with Crippen LogP contribution in [0.5, 0.6) is 0 Å². The van der Waals surface area contributed by atoms with E-state index >= 15 is 0 Å². The molecule has 2 aromatic rings. The standard InChI is InChI=1S/C10H6F3NO/c11-10(12,13)8-6-15-9(14-8)7-4-2-1-3-5-7/h1-6H. The van der Waals surface area contributed by atoms with Crippen LogP contribution in [0.1, 0.15) is 5.69 Å². The molecule has 78 valence electrons. The van der Waals surface area contributed by atoms with Crippen LogP contribution in [-0.4, -0.2) is 4.98 Å². The molecule has 15 heavy (non-hydrogen) atoms. The van der Waals surface area contributed by atoms with Gasteiger partial charge in [0.2, 0.25) is 5.89 Å². The molecule has 0 amide bonds. The molecule has 0 aliphatic rings. The normalized spacial score (nSPS) is 11.7. The van der Waals surface area contributed by atoms with Gasteiger partial charge in [0, 0.05) is 5.56 Å². The summed E-state index contributed by atoms with van der Waals surface area (Å²) in [5, 5.41) is 0. The Labute approximate surface area is 83.4 Å². The highest BCUT2D eigenvalue weighted by Crippen LogP contribution is 2.30. The fourth-order valence-corrected chi connectivity index (χ4v) is 1.12. The lowest BCUT2D eigenvalue weighted by Gasteiger charge is -1.98. The summed E-state index contributed by atoms with van der Waals surface area (Å²) in [7, 11) is 0. The third-order valence-electron chi connectivity index (χ3n) is 1.82. The van der Waals surface area contributed by atoms with Crippen molar-refractivity contribution in [3.05, 3.63) is 42.3 Å². The predicted molar refractivity (Wildman–Crippen MR) is 46.9 cm³/mol. The Morgan fingerprint density at radius 2 is 1.73 bits per heavy atom. The van der Waals surface area contributed by atoms with Crippen LogP contribution < -0.4 is 0 Å². The van der Waals surface area contributed by atoms with Crippen LogP contribution in [0.25, 0.3) is 11.5 Å². The van der Waals surface area contributed by atoms with Gasteiger partial charge in [0.05, 0.1) is 0 Å². The average molecular weight is 213 g/mol. The van der Waals surface area contributed by atoms with Gasteiger partial charge < -0.3 is 4.42 Å². The smallest absolute Gasteiger partial charge is 0.436 e. The summed E-state index contributed by atoms with van der Waals surface area (Å²) in [6, 6.07) is 8.43. The third-order valence-corrected chi connectivity index (χ3v) is 1.82. The second-order valence-electron chi connectivity index (χ2n) is 2.90. The molecule has 0 N–H and O–H groups in total. The topological polar surface area (TPSA) is 26.0 Å². The molecule has 0 atom stereocenters. The number of alkyl halides is 3. The lowest BCUT2D eigenvalue weighted by Crippen LogP contribution is -2.04. The van der Waals surface area contributed by atoms with Crippen molar-refractivity contribution in [3.8, 4) is 11.5 Å². The van der Waals surface area contributed by atoms with E-state index in [9.17, 15) is 13.2 Å². The molecule has 1 heterocycles. The van der Waals surface area contributed by atoms with Gasteiger partial charge in [-0.1, -0.05) is 18.2 Å². The van der Waals surface area contributed by atoms with E-state index in [1.807, 2.05) is 0 Å². The SMILES string of the molecule is FC(F)(F)c1coc(-c2ccccc2)n1. The highest BCUT2D eigenvalue weighted by atomic mass is 19.4. The van der Waals surface area contributed by atoms with E-state index in [1.54, 1.807) is 30.3 Å². The van der Waals surface area contributed by atoms with E-state index < -0.39 is 11.9 Å². The summed E-state index contributed by atoms with van der Waals surface area (Å²) in [5.74, 6) is -0.0251. The van der Waals surface area contributed by atoms with Crippen molar-refractivity contribution in [2.75, 3.05) is 0 Å². The molecule has 1 aromatic heterocycles. The van der Waals surface area contributed by atoms with Gasteiger partial charge in [0.25, 0.3) is 0 Å². The van der Waals surface area contributed by atoms with Gasteiger partial charge >= 0.3 is 6.18 Å². The van der Waals surface area contributed by atoms with Gasteiger partial charge in [-0.3, -0.25) is 0 Å². The van der Waals surface area contributed by atoms with Crippen molar-refractivity contribution >= 4 is 0 Å². The average Bonchev–Trinajstić information content (AvgIpc) is 2.67. The minimum Gasteiger partial charge on any atom is -0.444 e. The zero-order valence-electron chi connectivity index (χ0n) is 7.45. The number of benzene rings is 1. The first-order chi connectivity index (χ1) is 7.07. The lowest BCUT2D eigenvalue weighted by atomic mass is 10.2. The van der Waals surface area contributed by atoms with Crippen molar-refractivity contribution in [1.29, 1.82) is 0 Å². The summed E-state index contributed by atoms with van der Waals surface area (Å²) in [6.45, 7) is 0. The summed E-state index contributed by atoms with van der Waals surface area (Å²) >= 11 is 0. The van der Waals surface area contributed by atoms with E-state index in [1.165, 1.54) is 0 Å². The minimum atomic E-state index is -4.46. The zero-order valence-corrected chi connectivity index (χ0v) is 7.45. The van der Waals surface area contributed by atoms with Crippen LogP contribution in [0.3, 0.4) is 0 Å². The number of nitrogens with zero attached hydrogens (tertiary/aromatic N) is 1. The molecule has 5 heteroatoms. The Morgan fingerprint density at radius 1 is 1.07 bits per heavy atom. The van der Waals surface area contributed by atoms with Gasteiger partial charge in [-0.25, -0.2) is 4.98 Å². The molecule has 0 saturated carbocycles. The molecule has 0 radical (unpaired) electrons. The van der Waals surface area contributed by atoms with E-state index in [-0.39, 0.29) is 5.89 Å². The third kappa shape index (κ3) is 2.01. The Morgan fingerprint density at radius 3 is 2.27 bits per heavy atom. The zero-order chi connectivity index (χ0) is 10.9. The molecule has 0 aliphatic carbocycles. The Hall–Kier alpha value is -1.78.